The molecule has 6 heteroatoms. The topological polar surface area (TPSA) is 52.3 Å². The van der Waals surface area contributed by atoms with Gasteiger partial charge in [0, 0.05) is 10.7 Å². The monoisotopic (exact) mass is 235 g/mol. The molecule has 0 aromatic heterocycles. The van der Waals surface area contributed by atoms with Crippen LogP contribution in [0.2, 0.25) is 5.02 Å². The first-order chi connectivity index (χ1) is 7.00. The Morgan fingerprint density at radius 3 is 2.80 bits per heavy atom. The van der Waals surface area contributed by atoms with Gasteiger partial charge in [0.25, 0.3) is 6.43 Å². The summed E-state index contributed by atoms with van der Waals surface area (Å²) in [6, 6.07) is 4.16. The van der Waals surface area contributed by atoms with Crippen molar-refractivity contribution in [1.82, 2.24) is 0 Å². The van der Waals surface area contributed by atoms with Gasteiger partial charge in [-0.2, -0.15) is 0 Å². The first-order valence-corrected chi connectivity index (χ1v) is 4.39. The quantitative estimate of drug-likeness (QED) is 0.646. The van der Waals surface area contributed by atoms with Crippen molar-refractivity contribution < 1.29 is 18.3 Å². The van der Waals surface area contributed by atoms with Crippen molar-refractivity contribution in [3.8, 4) is 0 Å². The van der Waals surface area contributed by atoms with Crippen molar-refractivity contribution in [1.29, 1.82) is 0 Å². The fourth-order valence-corrected chi connectivity index (χ4v) is 1.09. The molecular formula is C9H8ClF2NO2. The zero-order valence-electron chi connectivity index (χ0n) is 7.54. The lowest BCUT2D eigenvalue weighted by Crippen LogP contribution is -2.13. The zero-order valence-corrected chi connectivity index (χ0v) is 8.30. The number of carbonyl (C=O) groups is 1. The summed E-state index contributed by atoms with van der Waals surface area (Å²) in [5.41, 5.74) is 5.58. The van der Waals surface area contributed by atoms with Crippen LogP contribution in [0.5, 0.6) is 0 Å². The van der Waals surface area contributed by atoms with Crippen molar-refractivity contribution in [2.75, 3.05) is 12.3 Å². The molecule has 0 radical (unpaired) electrons. The van der Waals surface area contributed by atoms with E-state index in [9.17, 15) is 13.6 Å². The molecule has 0 aliphatic carbocycles. The summed E-state index contributed by atoms with van der Waals surface area (Å²) in [6.45, 7) is -0.954. The number of alkyl halides is 2. The number of nitrogens with two attached hydrogens (primary N) is 1. The van der Waals surface area contributed by atoms with Crippen molar-refractivity contribution in [2.45, 2.75) is 6.43 Å². The molecule has 1 aromatic rings. The fraction of sp³-hybridized carbons (Fsp3) is 0.222. The molecule has 0 aliphatic rings. The van der Waals surface area contributed by atoms with Gasteiger partial charge in [-0.3, -0.25) is 0 Å². The van der Waals surface area contributed by atoms with Gasteiger partial charge in [0.2, 0.25) is 0 Å². The molecule has 1 rings (SSSR count). The lowest BCUT2D eigenvalue weighted by atomic mass is 10.2. The molecule has 0 atom stereocenters. The van der Waals surface area contributed by atoms with E-state index in [1.807, 2.05) is 0 Å². The first kappa shape index (κ1) is 11.7. The van der Waals surface area contributed by atoms with E-state index in [-0.39, 0.29) is 16.3 Å². The van der Waals surface area contributed by atoms with E-state index in [0.29, 0.717) is 0 Å². The van der Waals surface area contributed by atoms with Crippen LogP contribution < -0.4 is 5.73 Å². The minimum absolute atomic E-state index is 0.0110. The first-order valence-electron chi connectivity index (χ1n) is 4.01. The number of ether oxygens (including phenoxy) is 1. The van der Waals surface area contributed by atoms with Crippen molar-refractivity contribution in [2.24, 2.45) is 0 Å². The van der Waals surface area contributed by atoms with Gasteiger partial charge in [0.1, 0.15) is 0 Å². The Morgan fingerprint density at radius 1 is 1.53 bits per heavy atom. The predicted molar refractivity (Wildman–Crippen MR) is 52.2 cm³/mol. The average Bonchev–Trinajstić information content (AvgIpc) is 2.18. The van der Waals surface area contributed by atoms with Gasteiger partial charge in [0.15, 0.2) is 6.61 Å². The highest BCUT2D eigenvalue weighted by Gasteiger charge is 2.14. The van der Waals surface area contributed by atoms with E-state index in [2.05, 4.69) is 4.74 Å². The molecule has 3 nitrogen and oxygen atoms in total. The maximum atomic E-state index is 11.8. The number of anilines is 1. The smallest absolute Gasteiger partial charge is 0.340 e. The lowest BCUT2D eigenvalue weighted by Gasteiger charge is -2.06. The third-order valence-electron chi connectivity index (χ3n) is 1.58. The fourth-order valence-electron chi connectivity index (χ4n) is 0.922. The highest BCUT2D eigenvalue weighted by Crippen LogP contribution is 2.18. The van der Waals surface area contributed by atoms with Crippen LogP contribution in [0.15, 0.2) is 18.2 Å². The summed E-state index contributed by atoms with van der Waals surface area (Å²) >= 11 is 5.61. The molecule has 82 valence electrons. The highest BCUT2D eigenvalue weighted by atomic mass is 35.5. The Labute approximate surface area is 89.8 Å². The van der Waals surface area contributed by atoms with Crippen LogP contribution in [0.25, 0.3) is 0 Å². The summed E-state index contributed by atoms with van der Waals surface area (Å²) in [6.07, 6.45) is -2.70. The van der Waals surface area contributed by atoms with Crippen molar-refractivity contribution >= 4 is 23.3 Å². The van der Waals surface area contributed by atoms with Crippen LogP contribution in [0, 0.1) is 0 Å². The van der Waals surface area contributed by atoms with E-state index in [0.717, 1.165) is 0 Å². The largest absolute Gasteiger partial charge is 0.456 e. The van der Waals surface area contributed by atoms with Gasteiger partial charge in [-0.15, -0.1) is 0 Å². The molecule has 2 N–H and O–H groups in total. The molecular weight excluding hydrogens is 228 g/mol. The van der Waals surface area contributed by atoms with Crippen LogP contribution in [-0.2, 0) is 4.74 Å². The van der Waals surface area contributed by atoms with E-state index in [4.69, 9.17) is 17.3 Å². The number of benzene rings is 1. The Hall–Kier alpha value is -1.36. The van der Waals surface area contributed by atoms with Crippen LogP contribution in [-0.4, -0.2) is 19.0 Å². The van der Waals surface area contributed by atoms with Crippen LogP contribution in [0.3, 0.4) is 0 Å². The normalized spacial score (nSPS) is 10.4. The van der Waals surface area contributed by atoms with Crippen LogP contribution in [0.1, 0.15) is 10.4 Å². The minimum atomic E-state index is -2.70. The van der Waals surface area contributed by atoms with E-state index < -0.39 is 19.0 Å². The maximum absolute atomic E-state index is 11.8. The summed E-state index contributed by atoms with van der Waals surface area (Å²) in [4.78, 5) is 11.2. The Kier molecular flexibility index (Phi) is 3.85. The van der Waals surface area contributed by atoms with Gasteiger partial charge in [-0.1, -0.05) is 11.6 Å². The third-order valence-corrected chi connectivity index (χ3v) is 1.81. The molecule has 0 aliphatic heterocycles. The summed E-state index contributed by atoms with van der Waals surface area (Å²) < 4.78 is 27.8. The van der Waals surface area contributed by atoms with Gasteiger partial charge in [-0.25, -0.2) is 13.6 Å². The number of carbonyl (C=O) groups excluding carboxylic acids is 1. The Balaban J connectivity index is 2.77. The minimum Gasteiger partial charge on any atom is -0.456 e. The number of hydrogen-bond acceptors (Lipinski definition) is 3. The zero-order chi connectivity index (χ0) is 11.4. The number of hydrogen-bond donors (Lipinski definition) is 1. The molecule has 0 amide bonds. The summed E-state index contributed by atoms with van der Waals surface area (Å²) in [5.74, 6) is -0.907. The van der Waals surface area contributed by atoms with E-state index in [1.54, 1.807) is 0 Å². The molecule has 0 saturated heterocycles. The molecule has 1 aromatic carbocycles. The highest BCUT2D eigenvalue weighted by molar-refractivity contribution is 6.31. The second-order valence-corrected chi connectivity index (χ2v) is 3.16. The average molecular weight is 236 g/mol. The Bertz CT molecular complexity index is 371. The molecule has 0 spiro atoms. The van der Waals surface area contributed by atoms with Crippen molar-refractivity contribution in [3.63, 3.8) is 0 Å². The molecule has 0 unspecified atom stereocenters. The molecule has 0 saturated carbocycles. The number of rotatable bonds is 3. The second kappa shape index (κ2) is 4.93. The number of halogens is 3. The predicted octanol–water partition coefficient (Wildman–Crippen LogP) is 2.34. The van der Waals surface area contributed by atoms with E-state index >= 15 is 0 Å². The summed E-state index contributed by atoms with van der Waals surface area (Å²) in [7, 11) is 0. The van der Waals surface area contributed by atoms with Gasteiger partial charge < -0.3 is 10.5 Å². The SMILES string of the molecule is Nc1ccc(Cl)cc1C(=O)OCC(F)F. The molecule has 15 heavy (non-hydrogen) atoms. The van der Waals surface area contributed by atoms with Crippen LogP contribution in [0.4, 0.5) is 14.5 Å². The van der Waals surface area contributed by atoms with E-state index in [1.165, 1.54) is 18.2 Å². The Morgan fingerprint density at radius 2 is 2.20 bits per heavy atom. The van der Waals surface area contributed by atoms with Crippen molar-refractivity contribution in [3.05, 3.63) is 28.8 Å². The molecule has 0 heterocycles. The lowest BCUT2D eigenvalue weighted by molar-refractivity contribution is 0.0161. The third kappa shape index (κ3) is 3.36. The molecule has 0 fully saturated rings. The number of esters is 1. The second-order valence-electron chi connectivity index (χ2n) is 2.72. The van der Waals surface area contributed by atoms with Gasteiger partial charge >= 0.3 is 5.97 Å². The summed E-state index contributed by atoms with van der Waals surface area (Å²) in [5, 5.41) is 0.285. The molecule has 0 bridgehead atoms. The number of nitrogen functional groups attached to an aromatic ring is 1. The van der Waals surface area contributed by atoms with Gasteiger partial charge in [0.05, 0.1) is 5.56 Å². The maximum Gasteiger partial charge on any atom is 0.340 e. The van der Waals surface area contributed by atoms with Crippen LogP contribution >= 0.6 is 11.6 Å². The standard InChI is InChI=1S/C9H8ClF2NO2/c10-5-1-2-7(13)6(3-5)9(14)15-4-8(11)12/h1-3,8H,4,13H2. The van der Waals surface area contributed by atoms with Gasteiger partial charge in [-0.05, 0) is 18.2 Å².